The van der Waals surface area contributed by atoms with Gasteiger partial charge in [0.25, 0.3) is 0 Å². The number of allylic oxidation sites excluding steroid dienone is 3. The molecule has 1 N–H and O–H groups in total. The van der Waals surface area contributed by atoms with E-state index in [1.807, 2.05) is 39.0 Å². The van der Waals surface area contributed by atoms with E-state index < -0.39 is 5.60 Å². The first-order valence-electron chi connectivity index (χ1n) is 5.31. The third-order valence-corrected chi connectivity index (χ3v) is 3.38. The zero-order valence-electron chi connectivity index (χ0n) is 10.4. The molecule has 0 aliphatic heterocycles. The minimum atomic E-state index is -0.744. The lowest BCUT2D eigenvalue weighted by atomic mass is 9.74. The maximum Gasteiger partial charge on any atom is 0.0853 e. The van der Waals surface area contributed by atoms with E-state index >= 15 is 0 Å². The predicted molar refractivity (Wildman–Crippen MR) is 63.3 cm³/mol. The van der Waals surface area contributed by atoms with E-state index in [2.05, 4.69) is 20.8 Å². The van der Waals surface area contributed by atoms with Gasteiger partial charge in [-0.2, -0.15) is 0 Å². The Hall–Kier alpha value is -0.560. The topological polar surface area (TPSA) is 20.2 Å². The van der Waals surface area contributed by atoms with Crippen molar-refractivity contribution in [2.45, 2.75) is 53.6 Å². The molecule has 0 aromatic rings. The van der Waals surface area contributed by atoms with E-state index in [-0.39, 0.29) is 5.41 Å². The SMILES string of the molecule is C/C=C(C)\C=C\[C@](C)(O)C(C)(C)CC. The normalized spacial score (nSPS) is 18.6. The minimum Gasteiger partial charge on any atom is -0.386 e. The molecule has 0 spiro atoms. The molecule has 82 valence electrons. The quantitative estimate of drug-likeness (QED) is 0.680. The molecule has 0 amide bonds. The highest BCUT2D eigenvalue weighted by atomic mass is 16.3. The lowest BCUT2D eigenvalue weighted by molar-refractivity contribution is -0.0102. The highest BCUT2D eigenvalue weighted by molar-refractivity contribution is 5.19. The Morgan fingerprint density at radius 2 is 1.79 bits per heavy atom. The molecule has 0 aliphatic rings. The summed E-state index contributed by atoms with van der Waals surface area (Å²) >= 11 is 0. The van der Waals surface area contributed by atoms with Crippen LogP contribution < -0.4 is 0 Å². The molecular weight excluding hydrogens is 172 g/mol. The molecule has 1 nitrogen and oxygen atoms in total. The summed E-state index contributed by atoms with van der Waals surface area (Å²) in [7, 11) is 0. The van der Waals surface area contributed by atoms with Crippen molar-refractivity contribution >= 4 is 0 Å². The average Bonchev–Trinajstić information content (AvgIpc) is 2.13. The molecule has 0 aromatic carbocycles. The Morgan fingerprint density at radius 3 is 2.14 bits per heavy atom. The van der Waals surface area contributed by atoms with Crippen LogP contribution in [0.25, 0.3) is 0 Å². The third-order valence-electron chi connectivity index (χ3n) is 3.38. The van der Waals surface area contributed by atoms with Gasteiger partial charge in [0.05, 0.1) is 5.60 Å². The van der Waals surface area contributed by atoms with Gasteiger partial charge in [0.2, 0.25) is 0 Å². The van der Waals surface area contributed by atoms with Crippen LogP contribution in [0.3, 0.4) is 0 Å². The van der Waals surface area contributed by atoms with Crippen molar-refractivity contribution in [2.75, 3.05) is 0 Å². The molecule has 1 atom stereocenters. The molecule has 0 fully saturated rings. The van der Waals surface area contributed by atoms with Gasteiger partial charge in [-0.1, -0.05) is 44.6 Å². The monoisotopic (exact) mass is 196 g/mol. The summed E-state index contributed by atoms with van der Waals surface area (Å²) in [5, 5.41) is 10.3. The van der Waals surface area contributed by atoms with Gasteiger partial charge in [0.15, 0.2) is 0 Å². The second kappa shape index (κ2) is 4.79. The molecule has 0 radical (unpaired) electrons. The van der Waals surface area contributed by atoms with E-state index in [1.165, 1.54) is 5.57 Å². The predicted octanol–water partition coefficient (Wildman–Crippen LogP) is 3.70. The maximum absolute atomic E-state index is 10.3. The zero-order chi connectivity index (χ0) is 11.4. The summed E-state index contributed by atoms with van der Waals surface area (Å²) in [6.07, 6.45) is 6.87. The van der Waals surface area contributed by atoms with Crippen LogP contribution in [-0.4, -0.2) is 10.7 Å². The first-order valence-corrected chi connectivity index (χ1v) is 5.31. The van der Waals surface area contributed by atoms with Gasteiger partial charge in [-0.15, -0.1) is 0 Å². The summed E-state index contributed by atoms with van der Waals surface area (Å²) in [6.45, 7) is 12.2. The van der Waals surface area contributed by atoms with Gasteiger partial charge in [-0.25, -0.2) is 0 Å². The average molecular weight is 196 g/mol. The van der Waals surface area contributed by atoms with Crippen molar-refractivity contribution in [3.63, 3.8) is 0 Å². The standard InChI is InChI=1S/C13H24O/c1-7-11(3)9-10-13(6,14)12(4,5)8-2/h7,9-10,14H,8H2,1-6H3/b10-9+,11-7-/t13-/m0/s1. The largest absolute Gasteiger partial charge is 0.386 e. The van der Waals surface area contributed by atoms with Crippen LogP contribution >= 0.6 is 0 Å². The molecule has 0 heterocycles. The maximum atomic E-state index is 10.3. The summed E-state index contributed by atoms with van der Waals surface area (Å²) in [5.74, 6) is 0. The van der Waals surface area contributed by atoms with E-state index in [0.717, 1.165) is 6.42 Å². The van der Waals surface area contributed by atoms with Crippen molar-refractivity contribution in [1.29, 1.82) is 0 Å². The van der Waals surface area contributed by atoms with Crippen LogP contribution in [0.5, 0.6) is 0 Å². The summed E-state index contributed by atoms with van der Waals surface area (Å²) in [6, 6.07) is 0. The van der Waals surface area contributed by atoms with Crippen LogP contribution in [0.15, 0.2) is 23.8 Å². The zero-order valence-corrected chi connectivity index (χ0v) is 10.4. The Kier molecular flexibility index (Phi) is 4.60. The Morgan fingerprint density at radius 1 is 1.29 bits per heavy atom. The van der Waals surface area contributed by atoms with Crippen molar-refractivity contribution in [2.24, 2.45) is 5.41 Å². The molecule has 0 saturated carbocycles. The smallest absolute Gasteiger partial charge is 0.0853 e. The fourth-order valence-electron chi connectivity index (χ4n) is 0.973. The number of aliphatic hydroxyl groups is 1. The van der Waals surface area contributed by atoms with Gasteiger partial charge in [-0.05, 0) is 32.6 Å². The lowest BCUT2D eigenvalue weighted by Crippen LogP contribution is -2.39. The Labute approximate surface area is 88.5 Å². The van der Waals surface area contributed by atoms with Gasteiger partial charge < -0.3 is 5.11 Å². The second-order valence-electron chi connectivity index (χ2n) is 4.75. The molecule has 14 heavy (non-hydrogen) atoms. The molecule has 1 heteroatoms. The van der Waals surface area contributed by atoms with Gasteiger partial charge in [0, 0.05) is 0 Å². The van der Waals surface area contributed by atoms with Crippen molar-refractivity contribution < 1.29 is 5.11 Å². The van der Waals surface area contributed by atoms with Gasteiger partial charge >= 0.3 is 0 Å². The lowest BCUT2D eigenvalue weighted by Gasteiger charge is -2.37. The van der Waals surface area contributed by atoms with Gasteiger partial charge in [0.1, 0.15) is 0 Å². The van der Waals surface area contributed by atoms with Gasteiger partial charge in [-0.3, -0.25) is 0 Å². The van der Waals surface area contributed by atoms with Crippen LogP contribution in [0.2, 0.25) is 0 Å². The molecule has 0 rings (SSSR count). The van der Waals surface area contributed by atoms with Crippen molar-refractivity contribution in [3.8, 4) is 0 Å². The summed E-state index contributed by atoms with van der Waals surface area (Å²) in [5.41, 5.74) is 0.348. The minimum absolute atomic E-state index is 0.0858. The fourth-order valence-corrected chi connectivity index (χ4v) is 0.973. The summed E-state index contributed by atoms with van der Waals surface area (Å²) < 4.78 is 0. The second-order valence-corrected chi connectivity index (χ2v) is 4.75. The molecule has 0 unspecified atom stereocenters. The molecule has 0 bridgehead atoms. The molecule has 0 aliphatic carbocycles. The first kappa shape index (κ1) is 13.4. The summed E-state index contributed by atoms with van der Waals surface area (Å²) in [4.78, 5) is 0. The van der Waals surface area contributed by atoms with E-state index in [1.54, 1.807) is 0 Å². The highest BCUT2D eigenvalue weighted by Crippen LogP contribution is 2.35. The third kappa shape index (κ3) is 3.30. The fraction of sp³-hybridized carbons (Fsp3) is 0.692. The first-order chi connectivity index (χ1) is 6.27. The van der Waals surface area contributed by atoms with Crippen LogP contribution in [0.4, 0.5) is 0 Å². The molecule has 0 aromatic heterocycles. The highest BCUT2D eigenvalue weighted by Gasteiger charge is 2.35. The molecule has 0 saturated heterocycles. The Bertz CT molecular complexity index is 232. The van der Waals surface area contributed by atoms with E-state index in [9.17, 15) is 5.11 Å². The Balaban J connectivity index is 4.73. The molecular formula is C13H24O. The van der Waals surface area contributed by atoms with Crippen molar-refractivity contribution in [3.05, 3.63) is 23.8 Å². The number of hydrogen-bond acceptors (Lipinski definition) is 1. The van der Waals surface area contributed by atoms with Crippen LogP contribution in [-0.2, 0) is 0 Å². The van der Waals surface area contributed by atoms with E-state index in [4.69, 9.17) is 0 Å². The number of hydrogen-bond donors (Lipinski definition) is 1. The van der Waals surface area contributed by atoms with Crippen LogP contribution in [0, 0.1) is 5.41 Å². The van der Waals surface area contributed by atoms with Crippen LogP contribution in [0.1, 0.15) is 48.0 Å². The van der Waals surface area contributed by atoms with E-state index in [0.29, 0.717) is 0 Å². The number of rotatable bonds is 4. The van der Waals surface area contributed by atoms with Crippen molar-refractivity contribution in [1.82, 2.24) is 0 Å².